The number of halogens is 2. The molecule has 0 spiro atoms. The van der Waals surface area contributed by atoms with Gasteiger partial charge < -0.3 is 11.1 Å². The summed E-state index contributed by atoms with van der Waals surface area (Å²) >= 11 is 9.83. The first-order valence-corrected chi connectivity index (χ1v) is 10.1. The Labute approximate surface area is 169 Å². The number of alkyl halides is 1. The van der Waals surface area contributed by atoms with Gasteiger partial charge in [-0.25, -0.2) is 14.3 Å². The van der Waals surface area contributed by atoms with Crippen LogP contribution in [0.4, 0.5) is 17.3 Å². The predicted octanol–water partition coefficient (Wildman–Crippen LogP) is 3.56. The first-order valence-electron chi connectivity index (χ1n) is 8.56. The van der Waals surface area contributed by atoms with Crippen LogP contribution in [0.25, 0.3) is 10.5 Å². The minimum Gasteiger partial charge on any atom is -0.392 e. The summed E-state index contributed by atoms with van der Waals surface area (Å²) < 4.78 is 3.46. The van der Waals surface area contributed by atoms with Crippen molar-refractivity contribution in [2.75, 3.05) is 22.9 Å². The Morgan fingerprint density at radius 3 is 2.89 bits per heavy atom. The highest BCUT2D eigenvalue weighted by molar-refractivity contribution is 9.09. The third-order valence-corrected chi connectivity index (χ3v) is 6.36. The van der Waals surface area contributed by atoms with Crippen LogP contribution >= 0.6 is 27.5 Å². The molecule has 10 heteroatoms. The number of nitrogens with two attached hydrogens (primary N) is 1. The number of nitrogens with zero attached hydrogens (tertiary/aromatic N) is 6. The van der Waals surface area contributed by atoms with E-state index in [4.69, 9.17) is 23.9 Å². The van der Waals surface area contributed by atoms with Crippen molar-refractivity contribution in [1.29, 1.82) is 0 Å². The summed E-state index contributed by atoms with van der Waals surface area (Å²) in [5, 5.41) is 13.5. The van der Waals surface area contributed by atoms with Crippen LogP contribution in [-0.4, -0.2) is 36.3 Å². The summed E-state index contributed by atoms with van der Waals surface area (Å²) in [4.78, 5) is 7.97. The number of anilines is 2. The number of hydrogen-bond acceptors (Lipinski definition) is 5. The molecule has 3 heterocycles. The minimum atomic E-state index is 0.153. The molecule has 140 valence electrons. The molecule has 0 atom stereocenters. The molecule has 0 saturated heterocycles. The van der Waals surface area contributed by atoms with Crippen molar-refractivity contribution in [3.05, 3.63) is 40.1 Å². The number of hydrogen-bond donors (Lipinski definition) is 2. The van der Waals surface area contributed by atoms with Gasteiger partial charge >= 0.3 is 0 Å². The maximum Gasteiger partial charge on any atom is 0.268 e. The lowest BCUT2D eigenvalue weighted by atomic mass is 10.3. The summed E-state index contributed by atoms with van der Waals surface area (Å²) in [7, 11) is 0. The van der Waals surface area contributed by atoms with Gasteiger partial charge in [-0.1, -0.05) is 27.5 Å². The molecule has 0 amide bonds. The van der Waals surface area contributed by atoms with Crippen molar-refractivity contribution in [1.82, 2.24) is 24.4 Å². The Morgan fingerprint density at radius 1 is 1.44 bits per heavy atom. The van der Waals surface area contributed by atoms with Gasteiger partial charge in [0, 0.05) is 24.5 Å². The van der Waals surface area contributed by atoms with Crippen molar-refractivity contribution in [2.45, 2.75) is 31.7 Å². The van der Waals surface area contributed by atoms with Crippen LogP contribution in [0.3, 0.4) is 0 Å². The van der Waals surface area contributed by atoms with E-state index in [0.29, 0.717) is 35.1 Å². The van der Waals surface area contributed by atoms with Gasteiger partial charge in [0.15, 0.2) is 5.65 Å². The molecule has 1 saturated carbocycles. The second-order valence-corrected chi connectivity index (χ2v) is 7.67. The fourth-order valence-corrected chi connectivity index (χ4v) is 3.99. The van der Waals surface area contributed by atoms with E-state index in [-0.39, 0.29) is 17.0 Å². The number of fused-ring (bicyclic) bond motifs is 1. The van der Waals surface area contributed by atoms with Crippen LogP contribution in [0.2, 0.25) is 5.02 Å². The zero-order chi connectivity index (χ0) is 19.2. The number of nitrogen functional groups attached to an aromatic ring is 1. The fourth-order valence-electron chi connectivity index (χ4n) is 3.01. The van der Waals surface area contributed by atoms with E-state index >= 15 is 0 Å². The highest BCUT2D eigenvalue weighted by Crippen LogP contribution is 2.44. The van der Waals surface area contributed by atoms with E-state index in [0.717, 1.165) is 23.9 Å². The molecule has 0 unspecified atom stereocenters. The molecule has 3 aromatic heterocycles. The van der Waals surface area contributed by atoms with Crippen LogP contribution in [0, 0.1) is 13.5 Å². The van der Waals surface area contributed by atoms with Crippen LogP contribution in [0.15, 0.2) is 12.3 Å². The summed E-state index contributed by atoms with van der Waals surface area (Å²) in [5.41, 5.74) is 8.55. The Bertz CT molecular complexity index is 1060. The lowest BCUT2D eigenvalue weighted by molar-refractivity contribution is 0.479. The molecular weight excluding hydrogens is 432 g/mol. The molecule has 3 aromatic rings. The average molecular weight is 450 g/mol. The monoisotopic (exact) mass is 448 g/mol. The average Bonchev–Trinajstić information content (AvgIpc) is 3.23. The van der Waals surface area contributed by atoms with Crippen molar-refractivity contribution in [3.8, 4) is 0 Å². The summed E-state index contributed by atoms with van der Waals surface area (Å²) in [5.74, 6) is 0.639. The second-order valence-electron chi connectivity index (χ2n) is 6.73. The quantitative estimate of drug-likeness (QED) is 0.443. The third-order valence-electron chi connectivity index (χ3n) is 4.87. The largest absolute Gasteiger partial charge is 0.392 e. The molecule has 4 rings (SSSR count). The Morgan fingerprint density at radius 2 is 2.22 bits per heavy atom. The molecule has 0 aliphatic heterocycles. The van der Waals surface area contributed by atoms with Crippen LogP contribution < -0.4 is 11.1 Å². The van der Waals surface area contributed by atoms with Gasteiger partial charge in [0.05, 0.1) is 23.5 Å². The van der Waals surface area contributed by atoms with Crippen LogP contribution in [0.1, 0.15) is 24.2 Å². The first kappa shape index (κ1) is 18.1. The molecule has 0 aromatic carbocycles. The maximum atomic E-state index is 7.43. The predicted molar refractivity (Wildman–Crippen MR) is 109 cm³/mol. The highest BCUT2D eigenvalue weighted by Gasteiger charge is 2.44. The summed E-state index contributed by atoms with van der Waals surface area (Å²) in [6, 6.07) is 2.03. The lowest BCUT2D eigenvalue weighted by Gasteiger charge is -2.12. The topological polar surface area (TPSA) is 90.4 Å². The van der Waals surface area contributed by atoms with Gasteiger partial charge in [-0.3, -0.25) is 4.68 Å². The molecule has 3 N–H and O–H groups in total. The van der Waals surface area contributed by atoms with Gasteiger partial charge in [-0.05, 0) is 25.8 Å². The highest BCUT2D eigenvalue weighted by atomic mass is 79.9. The van der Waals surface area contributed by atoms with Crippen molar-refractivity contribution < 1.29 is 0 Å². The van der Waals surface area contributed by atoms with Crippen molar-refractivity contribution in [3.63, 3.8) is 0 Å². The van der Waals surface area contributed by atoms with E-state index in [1.807, 2.05) is 12.3 Å². The smallest absolute Gasteiger partial charge is 0.268 e. The van der Waals surface area contributed by atoms with Crippen molar-refractivity contribution >= 4 is 50.5 Å². The molecule has 27 heavy (non-hydrogen) atoms. The molecule has 0 radical (unpaired) electrons. The number of aryl methyl sites for hydroxylation is 1. The van der Waals surface area contributed by atoms with Gasteiger partial charge in [0.25, 0.3) is 5.69 Å². The summed E-state index contributed by atoms with van der Waals surface area (Å²) in [6.07, 6.45) is 5.05. The molecule has 0 bridgehead atoms. The van der Waals surface area contributed by atoms with Gasteiger partial charge in [0.2, 0.25) is 0 Å². The standard InChI is InChI=1S/C17H18BrClN8/c1-10-12(19)16-23-15(13(21-2)14(20)27(16)24-10)22-7-3-11-4-8-26(25-11)17(9-18)5-6-17/h4,8H,3,5-7,9,20H2,1H3,(H,22,23). The zero-order valence-electron chi connectivity index (χ0n) is 14.7. The molecule has 1 aliphatic rings. The summed E-state index contributed by atoms with van der Waals surface area (Å²) in [6.45, 7) is 9.78. The zero-order valence-corrected chi connectivity index (χ0v) is 17.0. The SMILES string of the molecule is [C-]#[N+]c1c(NCCc2ccn(C3(CBr)CC3)n2)nc2c(Cl)c(C)nn2c1N. The van der Waals surface area contributed by atoms with E-state index in [9.17, 15) is 0 Å². The Balaban J connectivity index is 1.52. The molecule has 1 aliphatic carbocycles. The van der Waals surface area contributed by atoms with Gasteiger partial charge in [-0.15, -0.1) is 0 Å². The van der Waals surface area contributed by atoms with Crippen molar-refractivity contribution in [2.24, 2.45) is 0 Å². The first-order chi connectivity index (χ1) is 13.0. The molecule has 1 fully saturated rings. The van der Waals surface area contributed by atoms with E-state index in [1.165, 1.54) is 4.52 Å². The second kappa shape index (κ2) is 6.69. The van der Waals surface area contributed by atoms with Gasteiger partial charge in [-0.2, -0.15) is 10.2 Å². The lowest BCUT2D eigenvalue weighted by Crippen LogP contribution is -2.19. The number of nitrogens with one attached hydrogen (secondary N) is 1. The van der Waals surface area contributed by atoms with E-state index in [1.54, 1.807) is 6.92 Å². The van der Waals surface area contributed by atoms with E-state index < -0.39 is 0 Å². The molecular formula is C17H18BrClN8. The van der Waals surface area contributed by atoms with E-state index in [2.05, 4.69) is 46.0 Å². The Hall–Kier alpha value is -2.31. The normalized spacial score (nSPS) is 15.0. The maximum absolute atomic E-state index is 7.43. The minimum absolute atomic E-state index is 0.153. The molecule has 8 nitrogen and oxygen atoms in total. The third kappa shape index (κ3) is 3.03. The number of rotatable bonds is 6. The number of aromatic nitrogens is 5. The fraction of sp³-hybridized carbons (Fsp3) is 0.412. The van der Waals surface area contributed by atoms with Crippen LogP contribution in [0.5, 0.6) is 0 Å². The Kier molecular flexibility index (Phi) is 4.48. The van der Waals surface area contributed by atoms with Crippen LogP contribution in [-0.2, 0) is 12.0 Å². The van der Waals surface area contributed by atoms with Gasteiger partial charge in [0.1, 0.15) is 16.7 Å².